The lowest BCUT2D eigenvalue weighted by atomic mass is 9.83. The van der Waals surface area contributed by atoms with E-state index in [1.807, 2.05) is 42.5 Å². The van der Waals surface area contributed by atoms with Crippen LogP contribution in [0.15, 0.2) is 75.7 Å². The van der Waals surface area contributed by atoms with Gasteiger partial charge in [-0.1, -0.05) is 44.0 Å². The number of benzene rings is 3. The van der Waals surface area contributed by atoms with Crippen molar-refractivity contribution in [3.05, 3.63) is 80.6 Å². The van der Waals surface area contributed by atoms with Crippen molar-refractivity contribution in [1.82, 2.24) is 0 Å². The Balaban J connectivity index is 1.69. The van der Waals surface area contributed by atoms with E-state index in [0.29, 0.717) is 22.9 Å². The van der Waals surface area contributed by atoms with Gasteiger partial charge in [-0.3, -0.25) is 9.59 Å². The molecule has 0 spiro atoms. The molecule has 0 aliphatic carbocycles. The molecule has 1 aromatic heterocycles. The molecule has 0 atom stereocenters. The third-order valence-electron chi connectivity index (χ3n) is 5.77. The Hall–Kier alpha value is -2.88. The third kappa shape index (κ3) is 5.74. The first kappa shape index (κ1) is 26.2. The summed E-state index contributed by atoms with van der Waals surface area (Å²) in [5.74, 6) is 0.444. The molecule has 2 amide bonds. The number of carbonyl (C=O) groups is 2. The topological polar surface area (TPSA) is 76.7 Å². The molecule has 186 valence electrons. The van der Waals surface area contributed by atoms with Crippen molar-refractivity contribution in [3.8, 4) is 11.5 Å². The first-order valence-electron chi connectivity index (χ1n) is 11.0. The summed E-state index contributed by atoms with van der Waals surface area (Å²) in [6.07, 6.45) is 0.205. The summed E-state index contributed by atoms with van der Waals surface area (Å²) in [6.45, 7) is 1.67. The largest absolute Gasteiger partial charge is 0.493 e. The van der Waals surface area contributed by atoms with Crippen molar-refractivity contribution < 1.29 is 19.1 Å². The summed E-state index contributed by atoms with van der Waals surface area (Å²) >= 11 is 8.37. The van der Waals surface area contributed by atoms with Gasteiger partial charge in [0.05, 0.1) is 14.2 Å². The zero-order valence-electron chi connectivity index (χ0n) is 19.9. The number of thiophene rings is 1. The molecule has 0 saturated carbocycles. The molecular weight excluding hydrogens is 608 g/mol. The van der Waals surface area contributed by atoms with Crippen LogP contribution in [0.5, 0.6) is 11.5 Å². The SMILES string of the molecule is COc1cc2cc(CC(C)(C(=O)Nc3cccc(Br)c3)C(=O)Nc3cccc(Br)c3)sc2cc1OC. The van der Waals surface area contributed by atoms with Crippen molar-refractivity contribution in [2.24, 2.45) is 5.41 Å². The summed E-state index contributed by atoms with van der Waals surface area (Å²) in [6, 6.07) is 20.3. The minimum Gasteiger partial charge on any atom is -0.493 e. The van der Waals surface area contributed by atoms with E-state index in [4.69, 9.17) is 9.47 Å². The van der Waals surface area contributed by atoms with Gasteiger partial charge in [0, 0.05) is 42.4 Å². The van der Waals surface area contributed by atoms with Crippen LogP contribution in [0.2, 0.25) is 0 Å². The Kier molecular flexibility index (Phi) is 8.02. The van der Waals surface area contributed by atoms with Crippen molar-refractivity contribution >= 4 is 76.5 Å². The number of methoxy groups -OCH3 is 2. The van der Waals surface area contributed by atoms with Crippen LogP contribution in [0.25, 0.3) is 10.1 Å². The lowest BCUT2D eigenvalue weighted by Gasteiger charge is -2.27. The Bertz CT molecular complexity index is 1340. The highest BCUT2D eigenvalue weighted by molar-refractivity contribution is 9.10. The second kappa shape index (κ2) is 11.0. The molecule has 9 heteroatoms. The predicted molar refractivity (Wildman–Crippen MR) is 152 cm³/mol. The normalized spacial score (nSPS) is 11.2. The number of carbonyl (C=O) groups excluding carboxylic acids is 2. The van der Waals surface area contributed by atoms with E-state index < -0.39 is 17.2 Å². The number of halogens is 2. The standard InChI is InChI=1S/C27H24Br2N2O4S/c1-27(25(32)30-19-8-4-6-17(28)12-19,26(33)31-20-9-5-7-18(29)13-20)15-21-10-16-11-22(34-2)23(35-3)14-24(16)36-21/h4-14H,15H2,1-3H3,(H,30,32)(H,31,33). The maximum atomic E-state index is 13.6. The Labute approximate surface area is 230 Å². The number of anilines is 2. The molecule has 0 saturated heterocycles. The number of amides is 2. The van der Waals surface area contributed by atoms with Gasteiger partial charge < -0.3 is 20.1 Å². The van der Waals surface area contributed by atoms with Crippen molar-refractivity contribution in [2.45, 2.75) is 13.3 Å². The number of hydrogen-bond donors (Lipinski definition) is 2. The van der Waals surface area contributed by atoms with Crippen LogP contribution >= 0.6 is 43.2 Å². The van der Waals surface area contributed by atoms with E-state index in [1.165, 1.54) is 11.3 Å². The highest BCUT2D eigenvalue weighted by atomic mass is 79.9. The van der Waals surface area contributed by atoms with E-state index in [-0.39, 0.29) is 6.42 Å². The molecule has 2 N–H and O–H groups in total. The van der Waals surface area contributed by atoms with E-state index in [9.17, 15) is 9.59 Å². The quantitative estimate of drug-likeness (QED) is 0.201. The minimum absolute atomic E-state index is 0.205. The molecule has 4 rings (SSSR count). The molecule has 0 unspecified atom stereocenters. The van der Waals surface area contributed by atoms with Crippen LogP contribution in [0.4, 0.5) is 11.4 Å². The van der Waals surface area contributed by atoms with Gasteiger partial charge in [-0.2, -0.15) is 0 Å². The number of ether oxygens (including phenoxy) is 2. The molecule has 0 aliphatic rings. The third-order valence-corrected chi connectivity index (χ3v) is 7.85. The zero-order valence-corrected chi connectivity index (χ0v) is 23.8. The van der Waals surface area contributed by atoms with Crippen LogP contribution in [0, 0.1) is 5.41 Å². The molecular formula is C27H24Br2N2O4S. The molecule has 0 aliphatic heterocycles. The first-order valence-corrected chi connectivity index (χ1v) is 13.4. The fourth-order valence-electron chi connectivity index (χ4n) is 3.79. The van der Waals surface area contributed by atoms with Gasteiger partial charge in [-0.15, -0.1) is 11.3 Å². The molecule has 0 radical (unpaired) electrons. The number of rotatable bonds is 8. The maximum absolute atomic E-state index is 13.6. The Morgan fingerprint density at radius 1 is 0.833 bits per heavy atom. The van der Waals surface area contributed by atoms with Gasteiger partial charge in [0.2, 0.25) is 11.8 Å². The number of hydrogen-bond acceptors (Lipinski definition) is 5. The average molecular weight is 632 g/mol. The molecule has 6 nitrogen and oxygen atoms in total. The van der Waals surface area contributed by atoms with Crippen LogP contribution in [-0.2, 0) is 16.0 Å². The second-order valence-corrected chi connectivity index (χ2v) is 11.4. The first-order chi connectivity index (χ1) is 17.2. The lowest BCUT2D eigenvalue weighted by Crippen LogP contribution is -2.45. The van der Waals surface area contributed by atoms with Gasteiger partial charge in [-0.25, -0.2) is 0 Å². The molecule has 0 fully saturated rings. The minimum atomic E-state index is -1.40. The summed E-state index contributed by atoms with van der Waals surface area (Å²) in [5.41, 5.74) is -0.206. The smallest absolute Gasteiger partial charge is 0.240 e. The Morgan fingerprint density at radius 2 is 1.36 bits per heavy atom. The second-order valence-electron chi connectivity index (χ2n) is 8.40. The highest BCUT2D eigenvalue weighted by Crippen LogP contribution is 2.39. The maximum Gasteiger partial charge on any atom is 0.240 e. The number of fused-ring (bicyclic) bond motifs is 1. The zero-order chi connectivity index (χ0) is 25.9. The molecule has 1 heterocycles. The van der Waals surface area contributed by atoms with E-state index >= 15 is 0 Å². The van der Waals surface area contributed by atoms with Crippen molar-refractivity contribution in [1.29, 1.82) is 0 Å². The van der Waals surface area contributed by atoms with Gasteiger partial charge in [-0.05, 0) is 60.8 Å². The summed E-state index contributed by atoms with van der Waals surface area (Å²) in [5, 5.41) is 6.79. The predicted octanol–water partition coefficient (Wildman–Crippen LogP) is 7.27. The van der Waals surface area contributed by atoms with E-state index in [2.05, 4.69) is 42.5 Å². The summed E-state index contributed by atoms with van der Waals surface area (Å²) in [7, 11) is 3.18. The summed E-state index contributed by atoms with van der Waals surface area (Å²) in [4.78, 5) is 28.2. The van der Waals surface area contributed by atoms with Crippen LogP contribution < -0.4 is 20.1 Å². The van der Waals surface area contributed by atoms with Crippen LogP contribution in [0.3, 0.4) is 0 Å². The van der Waals surface area contributed by atoms with Gasteiger partial charge in [0.25, 0.3) is 0 Å². The lowest BCUT2D eigenvalue weighted by molar-refractivity contribution is -0.136. The van der Waals surface area contributed by atoms with Crippen molar-refractivity contribution in [2.75, 3.05) is 24.9 Å². The number of nitrogens with one attached hydrogen (secondary N) is 2. The van der Waals surface area contributed by atoms with E-state index in [0.717, 1.165) is 23.9 Å². The molecule has 0 bridgehead atoms. The van der Waals surface area contributed by atoms with Gasteiger partial charge in [0.15, 0.2) is 11.5 Å². The molecule has 36 heavy (non-hydrogen) atoms. The highest BCUT2D eigenvalue weighted by Gasteiger charge is 2.42. The van der Waals surface area contributed by atoms with E-state index in [1.54, 1.807) is 45.4 Å². The average Bonchev–Trinajstić information content (AvgIpc) is 3.23. The summed E-state index contributed by atoms with van der Waals surface area (Å²) < 4.78 is 13.5. The molecule has 4 aromatic rings. The van der Waals surface area contributed by atoms with Crippen LogP contribution in [-0.4, -0.2) is 26.0 Å². The van der Waals surface area contributed by atoms with Gasteiger partial charge >= 0.3 is 0 Å². The van der Waals surface area contributed by atoms with Crippen LogP contribution in [0.1, 0.15) is 11.8 Å². The fraction of sp³-hybridized carbons (Fsp3) is 0.185. The van der Waals surface area contributed by atoms with Crippen molar-refractivity contribution in [3.63, 3.8) is 0 Å². The Morgan fingerprint density at radius 3 is 1.86 bits per heavy atom. The molecule has 3 aromatic carbocycles. The van der Waals surface area contributed by atoms with Gasteiger partial charge in [0.1, 0.15) is 5.41 Å². The fourth-order valence-corrected chi connectivity index (χ4v) is 5.82. The monoisotopic (exact) mass is 630 g/mol.